The van der Waals surface area contributed by atoms with Crippen LogP contribution < -0.4 is 5.32 Å². The average Bonchev–Trinajstić information content (AvgIpc) is 2.40. The molecule has 0 aliphatic rings. The lowest BCUT2D eigenvalue weighted by atomic mass is 10.1. The van der Waals surface area contributed by atoms with Gasteiger partial charge in [0.2, 0.25) is 0 Å². The Balaban J connectivity index is 2.53. The number of hydrogen-bond donors (Lipinski definition) is 1. The molecule has 1 aromatic carbocycles. The molecule has 0 fully saturated rings. The molecule has 1 rings (SSSR count). The summed E-state index contributed by atoms with van der Waals surface area (Å²) in [5.41, 5.74) is -0.496. The van der Waals surface area contributed by atoms with Gasteiger partial charge in [-0.2, -0.15) is 0 Å². The number of carbonyl (C=O) groups excluding carboxylic acids is 1. The van der Waals surface area contributed by atoms with Crippen molar-refractivity contribution in [2.45, 2.75) is 19.8 Å². The van der Waals surface area contributed by atoms with Crippen LogP contribution in [-0.4, -0.2) is 18.3 Å². The van der Waals surface area contributed by atoms with Gasteiger partial charge in [0.15, 0.2) is 17.5 Å². The normalized spacial score (nSPS) is 12.3. The number of rotatable bonds is 6. The lowest BCUT2D eigenvalue weighted by molar-refractivity contribution is 0.0947. The summed E-state index contributed by atoms with van der Waals surface area (Å²) < 4.78 is 39.0. The lowest BCUT2D eigenvalue weighted by Crippen LogP contribution is -2.26. The summed E-state index contributed by atoms with van der Waals surface area (Å²) in [6.45, 7) is 2.31. The van der Waals surface area contributed by atoms with Crippen LogP contribution in [-0.2, 0) is 0 Å². The molecule has 19 heavy (non-hydrogen) atoms. The quantitative estimate of drug-likeness (QED) is 0.485. The average molecular weight is 294 g/mol. The van der Waals surface area contributed by atoms with Crippen molar-refractivity contribution in [3.8, 4) is 0 Å². The summed E-state index contributed by atoms with van der Waals surface area (Å²) >= 11 is 5.63. The summed E-state index contributed by atoms with van der Waals surface area (Å²) in [4.78, 5) is 11.6. The molecule has 0 aromatic heterocycles. The van der Waals surface area contributed by atoms with Crippen LogP contribution in [0, 0.1) is 23.4 Å². The topological polar surface area (TPSA) is 29.1 Å². The van der Waals surface area contributed by atoms with Crippen LogP contribution >= 0.6 is 11.6 Å². The molecule has 1 amide bonds. The van der Waals surface area contributed by atoms with Crippen molar-refractivity contribution in [1.29, 1.82) is 0 Å². The van der Waals surface area contributed by atoms with E-state index in [1.165, 1.54) is 0 Å². The fourth-order valence-corrected chi connectivity index (χ4v) is 1.68. The van der Waals surface area contributed by atoms with E-state index in [4.69, 9.17) is 11.6 Å². The number of amides is 1. The number of benzene rings is 1. The minimum absolute atomic E-state index is 0.332. The van der Waals surface area contributed by atoms with Crippen LogP contribution in [0.15, 0.2) is 12.1 Å². The van der Waals surface area contributed by atoms with E-state index in [0.29, 0.717) is 24.8 Å². The van der Waals surface area contributed by atoms with Crippen molar-refractivity contribution in [2.75, 3.05) is 12.4 Å². The molecular formula is C13H15ClF3NO. The molecule has 1 atom stereocenters. The summed E-state index contributed by atoms with van der Waals surface area (Å²) in [5, 5.41) is 2.45. The number of hydrogen-bond acceptors (Lipinski definition) is 1. The molecule has 2 nitrogen and oxygen atoms in total. The first-order valence-electron chi connectivity index (χ1n) is 5.95. The van der Waals surface area contributed by atoms with Crippen molar-refractivity contribution in [3.63, 3.8) is 0 Å². The Labute approximate surface area is 114 Å². The Morgan fingerprint density at radius 1 is 1.32 bits per heavy atom. The zero-order valence-electron chi connectivity index (χ0n) is 10.5. The van der Waals surface area contributed by atoms with Crippen molar-refractivity contribution < 1.29 is 18.0 Å². The van der Waals surface area contributed by atoms with Gasteiger partial charge in [0.05, 0.1) is 5.56 Å². The maximum atomic E-state index is 13.3. The van der Waals surface area contributed by atoms with Crippen molar-refractivity contribution in [1.82, 2.24) is 5.32 Å². The zero-order chi connectivity index (χ0) is 14.4. The highest BCUT2D eigenvalue weighted by Crippen LogP contribution is 2.15. The number of carbonyl (C=O) groups is 1. The molecule has 1 N–H and O–H groups in total. The molecule has 1 aromatic rings. The van der Waals surface area contributed by atoms with E-state index in [-0.39, 0.29) is 0 Å². The van der Waals surface area contributed by atoms with Gasteiger partial charge >= 0.3 is 0 Å². The highest BCUT2D eigenvalue weighted by Gasteiger charge is 2.18. The number of alkyl halides is 1. The molecule has 0 saturated heterocycles. The van der Waals surface area contributed by atoms with E-state index in [2.05, 4.69) is 5.32 Å². The van der Waals surface area contributed by atoms with E-state index < -0.39 is 28.9 Å². The first-order chi connectivity index (χ1) is 8.97. The zero-order valence-corrected chi connectivity index (χ0v) is 11.2. The molecule has 0 radical (unpaired) electrons. The second-order valence-electron chi connectivity index (χ2n) is 4.38. The molecule has 0 heterocycles. The Kier molecular flexibility index (Phi) is 6.15. The van der Waals surface area contributed by atoms with Crippen LogP contribution in [0.2, 0.25) is 0 Å². The molecule has 106 valence electrons. The fraction of sp³-hybridized carbons (Fsp3) is 0.462. The number of halogens is 4. The van der Waals surface area contributed by atoms with Gasteiger partial charge in [-0.05, 0) is 30.9 Å². The van der Waals surface area contributed by atoms with Gasteiger partial charge in [-0.15, -0.1) is 11.6 Å². The largest absolute Gasteiger partial charge is 0.352 e. The first-order valence-corrected chi connectivity index (χ1v) is 6.48. The van der Waals surface area contributed by atoms with E-state index in [0.717, 1.165) is 18.6 Å². The molecule has 1 unspecified atom stereocenters. The maximum absolute atomic E-state index is 13.3. The van der Waals surface area contributed by atoms with Crippen molar-refractivity contribution >= 4 is 17.5 Å². The highest BCUT2D eigenvalue weighted by atomic mass is 35.5. The van der Waals surface area contributed by atoms with E-state index >= 15 is 0 Å². The van der Waals surface area contributed by atoms with Crippen LogP contribution in [0.25, 0.3) is 0 Å². The van der Waals surface area contributed by atoms with Gasteiger partial charge in [0.1, 0.15) is 0 Å². The minimum atomic E-state index is -1.64. The van der Waals surface area contributed by atoms with Gasteiger partial charge in [0, 0.05) is 12.4 Å². The van der Waals surface area contributed by atoms with Crippen molar-refractivity contribution in [3.05, 3.63) is 35.1 Å². The van der Waals surface area contributed by atoms with Gasteiger partial charge in [-0.3, -0.25) is 4.79 Å². The molecule has 6 heteroatoms. The second kappa shape index (κ2) is 7.38. The predicted octanol–water partition coefficient (Wildman–Crippen LogP) is 3.49. The third-order valence-corrected chi connectivity index (χ3v) is 3.23. The Bertz CT molecular complexity index is 454. The third-order valence-electron chi connectivity index (χ3n) is 2.70. The molecule has 0 saturated carbocycles. The van der Waals surface area contributed by atoms with E-state index in [1.807, 2.05) is 6.92 Å². The maximum Gasteiger partial charge on any atom is 0.254 e. The van der Waals surface area contributed by atoms with Crippen molar-refractivity contribution in [2.24, 2.45) is 5.92 Å². The molecule has 0 spiro atoms. The Hall–Kier alpha value is -1.23. The monoisotopic (exact) mass is 293 g/mol. The Morgan fingerprint density at radius 3 is 2.63 bits per heavy atom. The minimum Gasteiger partial charge on any atom is -0.352 e. The van der Waals surface area contributed by atoms with Gasteiger partial charge in [-0.1, -0.05) is 6.92 Å². The van der Waals surface area contributed by atoms with Gasteiger partial charge in [0.25, 0.3) is 5.91 Å². The standard InChI is InChI=1S/C13H15ClF3NO/c1-8(7-14)3-2-6-18-13(19)9-4-5-10(15)12(17)11(9)16/h4-5,8H,2-3,6-7H2,1H3,(H,18,19). The van der Waals surface area contributed by atoms with Gasteiger partial charge < -0.3 is 5.32 Å². The predicted molar refractivity (Wildman–Crippen MR) is 67.8 cm³/mol. The molecular weight excluding hydrogens is 279 g/mol. The van der Waals surface area contributed by atoms with E-state index in [1.54, 1.807) is 0 Å². The van der Waals surface area contributed by atoms with E-state index in [9.17, 15) is 18.0 Å². The highest BCUT2D eigenvalue weighted by molar-refractivity contribution is 6.18. The van der Waals surface area contributed by atoms with Crippen LogP contribution in [0.4, 0.5) is 13.2 Å². The summed E-state index contributed by atoms with van der Waals surface area (Å²) in [5.74, 6) is -4.31. The summed E-state index contributed by atoms with van der Waals surface area (Å²) in [6, 6.07) is 1.65. The molecule has 0 aliphatic carbocycles. The fourth-order valence-electron chi connectivity index (χ4n) is 1.53. The van der Waals surface area contributed by atoms with Crippen LogP contribution in [0.1, 0.15) is 30.1 Å². The molecule has 0 aliphatic heterocycles. The van der Waals surface area contributed by atoms with Crippen LogP contribution in [0.3, 0.4) is 0 Å². The third kappa shape index (κ3) is 4.42. The summed E-state index contributed by atoms with van der Waals surface area (Å²) in [6.07, 6.45) is 1.51. The smallest absolute Gasteiger partial charge is 0.254 e. The van der Waals surface area contributed by atoms with Gasteiger partial charge in [-0.25, -0.2) is 13.2 Å². The number of nitrogens with one attached hydrogen (secondary N) is 1. The SMILES string of the molecule is CC(CCl)CCCNC(=O)c1ccc(F)c(F)c1F. The second-order valence-corrected chi connectivity index (χ2v) is 4.69. The van der Waals surface area contributed by atoms with Crippen LogP contribution in [0.5, 0.6) is 0 Å². The molecule has 0 bridgehead atoms. The first kappa shape index (κ1) is 15.8. The summed E-state index contributed by atoms with van der Waals surface area (Å²) in [7, 11) is 0. The Morgan fingerprint density at radius 2 is 2.00 bits per heavy atom. The lowest BCUT2D eigenvalue weighted by Gasteiger charge is -2.09.